The minimum atomic E-state index is -3.30. The molecule has 7 nitrogen and oxygen atoms in total. The van der Waals surface area contributed by atoms with Crippen LogP contribution in [0.5, 0.6) is 0 Å². The maximum absolute atomic E-state index is 12.3. The molecule has 1 saturated heterocycles. The van der Waals surface area contributed by atoms with E-state index in [1.807, 2.05) is 0 Å². The van der Waals surface area contributed by atoms with Crippen LogP contribution >= 0.6 is 0 Å². The molecular weight excluding hydrogens is 308 g/mol. The second kappa shape index (κ2) is 8.12. The van der Waals surface area contributed by atoms with E-state index in [1.54, 1.807) is 27.9 Å². The molecule has 1 aliphatic heterocycles. The van der Waals surface area contributed by atoms with Gasteiger partial charge >= 0.3 is 6.09 Å². The summed E-state index contributed by atoms with van der Waals surface area (Å²) >= 11 is 0. The van der Waals surface area contributed by atoms with E-state index in [1.165, 1.54) is 4.31 Å². The lowest BCUT2D eigenvalue weighted by Crippen LogP contribution is -2.40. The number of carbonyl (C=O) groups is 1. The molecule has 0 bridgehead atoms. The molecule has 1 heterocycles. The van der Waals surface area contributed by atoms with Crippen LogP contribution in [-0.2, 0) is 19.5 Å². The molecule has 1 unspecified atom stereocenters. The minimum Gasteiger partial charge on any atom is -0.444 e. The van der Waals surface area contributed by atoms with Crippen molar-refractivity contribution in [3.63, 3.8) is 0 Å². The average Bonchev–Trinajstić information content (AvgIpc) is 2.82. The average molecular weight is 336 g/mol. The maximum atomic E-state index is 12.3. The normalized spacial score (nSPS) is 20.1. The second-order valence-corrected chi connectivity index (χ2v) is 8.50. The van der Waals surface area contributed by atoms with Crippen LogP contribution in [0.3, 0.4) is 0 Å². The third-order valence-corrected chi connectivity index (χ3v) is 5.29. The number of alkyl carbamates (subject to hydrolysis) is 1. The van der Waals surface area contributed by atoms with Gasteiger partial charge < -0.3 is 14.8 Å². The summed E-state index contributed by atoms with van der Waals surface area (Å²) in [7, 11) is -1.73. The van der Waals surface area contributed by atoms with E-state index in [4.69, 9.17) is 9.47 Å². The fraction of sp³-hybridized carbons (Fsp3) is 0.929. The van der Waals surface area contributed by atoms with Crippen LogP contribution in [0.4, 0.5) is 4.79 Å². The SMILES string of the molecule is COCC1CCCN1S(=O)(=O)CCCNC(=O)OC(C)(C)C. The molecule has 1 fully saturated rings. The third kappa shape index (κ3) is 6.50. The van der Waals surface area contributed by atoms with Gasteiger partial charge in [-0.05, 0) is 40.0 Å². The van der Waals surface area contributed by atoms with Crippen molar-refractivity contribution in [2.45, 2.75) is 51.7 Å². The van der Waals surface area contributed by atoms with Crippen LogP contribution in [0, 0.1) is 0 Å². The topological polar surface area (TPSA) is 84.9 Å². The van der Waals surface area contributed by atoms with Crippen LogP contribution in [0.2, 0.25) is 0 Å². The summed E-state index contributed by atoms with van der Waals surface area (Å²) in [6.45, 7) is 6.59. The molecule has 0 aliphatic carbocycles. The zero-order valence-corrected chi connectivity index (χ0v) is 14.7. The lowest BCUT2D eigenvalue weighted by Gasteiger charge is -2.23. The summed E-state index contributed by atoms with van der Waals surface area (Å²) in [5.41, 5.74) is -0.556. The van der Waals surface area contributed by atoms with Crippen molar-refractivity contribution in [2.24, 2.45) is 0 Å². The Balaban J connectivity index is 2.35. The van der Waals surface area contributed by atoms with E-state index in [-0.39, 0.29) is 18.3 Å². The lowest BCUT2D eigenvalue weighted by molar-refractivity contribution is 0.0528. The Kier molecular flexibility index (Phi) is 7.08. The van der Waals surface area contributed by atoms with Crippen molar-refractivity contribution in [1.82, 2.24) is 9.62 Å². The van der Waals surface area contributed by atoms with Gasteiger partial charge in [-0.2, -0.15) is 4.31 Å². The van der Waals surface area contributed by atoms with Crippen LogP contribution in [-0.4, -0.2) is 63.0 Å². The van der Waals surface area contributed by atoms with Gasteiger partial charge in [-0.1, -0.05) is 0 Å². The highest BCUT2D eigenvalue weighted by molar-refractivity contribution is 7.89. The van der Waals surface area contributed by atoms with Crippen LogP contribution in [0.1, 0.15) is 40.0 Å². The second-order valence-electron chi connectivity index (χ2n) is 6.46. The molecule has 0 aromatic rings. The van der Waals surface area contributed by atoms with Gasteiger partial charge in [0.25, 0.3) is 0 Å². The van der Waals surface area contributed by atoms with Gasteiger partial charge in [-0.3, -0.25) is 0 Å². The van der Waals surface area contributed by atoms with Crippen molar-refractivity contribution in [2.75, 3.05) is 32.6 Å². The summed E-state index contributed by atoms with van der Waals surface area (Å²) in [5, 5.41) is 2.57. The number of rotatable bonds is 7. The van der Waals surface area contributed by atoms with Crippen LogP contribution in [0.15, 0.2) is 0 Å². The number of hydrogen-bond acceptors (Lipinski definition) is 5. The van der Waals surface area contributed by atoms with E-state index in [9.17, 15) is 13.2 Å². The molecule has 22 heavy (non-hydrogen) atoms. The first-order valence-corrected chi connectivity index (χ1v) is 9.22. The summed E-state index contributed by atoms with van der Waals surface area (Å²) in [4.78, 5) is 11.5. The predicted octanol–water partition coefficient (Wildman–Crippen LogP) is 1.34. The molecule has 8 heteroatoms. The highest BCUT2D eigenvalue weighted by Gasteiger charge is 2.33. The quantitative estimate of drug-likeness (QED) is 0.709. The molecule has 1 aliphatic rings. The van der Waals surface area contributed by atoms with Crippen molar-refractivity contribution >= 4 is 16.1 Å². The number of ether oxygens (including phenoxy) is 2. The molecule has 0 radical (unpaired) electrons. The highest BCUT2D eigenvalue weighted by atomic mass is 32.2. The largest absolute Gasteiger partial charge is 0.444 e. The van der Waals surface area contributed by atoms with Crippen molar-refractivity contribution in [1.29, 1.82) is 0 Å². The molecule has 1 rings (SSSR count). The highest BCUT2D eigenvalue weighted by Crippen LogP contribution is 2.21. The van der Waals surface area contributed by atoms with E-state index in [2.05, 4.69) is 5.32 Å². The van der Waals surface area contributed by atoms with Crippen molar-refractivity contribution in [3.8, 4) is 0 Å². The Bertz CT molecular complexity index is 458. The Labute approximate surface area is 133 Å². The number of carbonyl (C=O) groups excluding carboxylic acids is 1. The molecule has 0 aromatic carbocycles. The molecular formula is C14H28N2O5S. The fourth-order valence-corrected chi connectivity index (χ4v) is 4.18. The van der Waals surface area contributed by atoms with Gasteiger partial charge in [0, 0.05) is 26.2 Å². The fourth-order valence-electron chi connectivity index (χ4n) is 2.41. The number of methoxy groups -OCH3 is 1. The summed E-state index contributed by atoms with van der Waals surface area (Å²) in [6, 6.07) is -0.0613. The maximum Gasteiger partial charge on any atom is 0.407 e. The number of hydrogen-bond donors (Lipinski definition) is 1. The molecule has 1 amide bonds. The molecule has 1 atom stereocenters. The lowest BCUT2D eigenvalue weighted by atomic mass is 10.2. The van der Waals surface area contributed by atoms with E-state index in [0.29, 0.717) is 19.6 Å². The van der Waals surface area contributed by atoms with E-state index < -0.39 is 21.7 Å². The summed E-state index contributed by atoms with van der Waals surface area (Å²) in [5.74, 6) is 0.0169. The standard InChI is InChI=1S/C14H28N2O5S/c1-14(2,3)21-13(17)15-8-6-10-22(18,19)16-9-5-7-12(16)11-20-4/h12H,5-11H2,1-4H3,(H,15,17). The smallest absolute Gasteiger partial charge is 0.407 e. The Morgan fingerprint density at radius 3 is 2.64 bits per heavy atom. The number of sulfonamides is 1. The van der Waals surface area contributed by atoms with Gasteiger partial charge in [0.05, 0.1) is 12.4 Å². The van der Waals surface area contributed by atoms with Crippen molar-refractivity contribution < 1.29 is 22.7 Å². The van der Waals surface area contributed by atoms with E-state index >= 15 is 0 Å². The van der Waals surface area contributed by atoms with Crippen LogP contribution < -0.4 is 5.32 Å². The molecule has 0 spiro atoms. The zero-order chi connectivity index (χ0) is 16.8. The Morgan fingerprint density at radius 2 is 2.05 bits per heavy atom. The number of amides is 1. The molecule has 0 saturated carbocycles. The predicted molar refractivity (Wildman–Crippen MR) is 84.2 cm³/mol. The molecule has 0 aromatic heterocycles. The van der Waals surface area contributed by atoms with Crippen LogP contribution in [0.25, 0.3) is 0 Å². The van der Waals surface area contributed by atoms with Gasteiger partial charge in [0.15, 0.2) is 0 Å². The number of nitrogens with zero attached hydrogens (tertiary/aromatic N) is 1. The zero-order valence-electron chi connectivity index (χ0n) is 13.9. The minimum absolute atomic E-state index is 0.0169. The van der Waals surface area contributed by atoms with Crippen molar-refractivity contribution in [3.05, 3.63) is 0 Å². The Morgan fingerprint density at radius 1 is 1.36 bits per heavy atom. The first-order chi connectivity index (χ1) is 10.2. The van der Waals surface area contributed by atoms with Gasteiger partial charge in [-0.25, -0.2) is 13.2 Å². The van der Waals surface area contributed by atoms with Gasteiger partial charge in [0.2, 0.25) is 10.0 Å². The molecule has 130 valence electrons. The van der Waals surface area contributed by atoms with Gasteiger partial charge in [0.1, 0.15) is 5.60 Å². The first kappa shape index (κ1) is 19.2. The summed E-state index contributed by atoms with van der Waals surface area (Å²) in [6.07, 6.45) is 1.54. The van der Waals surface area contributed by atoms with E-state index in [0.717, 1.165) is 12.8 Å². The first-order valence-electron chi connectivity index (χ1n) is 7.61. The number of nitrogens with one attached hydrogen (secondary N) is 1. The Hall–Kier alpha value is -0.860. The molecule has 1 N–H and O–H groups in total. The van der Waals surface area contributed by atoms with Gasteiger partial charge in [-0.15, -0.1) is 0 Å². The summed E-state index contributed by atoms with van der Waals surface area (Å²) < 4.78 is 36.3. The third-order valence-electron chi connectivity index (χ3n) is 3.29. The monoisotopic (exact) mass is 336 g/mol.